The molecule has 1 atom stereocenters. The van der Waals surface area contributed by atoms with Crippen LogP contribution in [0.25, 0.3) is 0 Å². The highest BCUT2D eigenvalue weighted by Gasteiger charge is 2.31. The van der Waals surface area contributed by atoms with Crippen LogP contribution in [0.2, 0.25) is 0 Å². The lowest BCUT2D eigenvalue weighted by atomic mass is 10.00. The third-order valence-corrected chi connectivity index (χ3v) is 7.48. The lowest BCUT2D eigenvalue weighted by Crippen LogP contribution is -2.42. The first kappa shape index (κ1) is 17.4. The fourth-order valence-electron chi connectivity index (χ4n) is 2.67. The number of nitrogens with one attached hydrogen (secondary N) is 1. The molecule has 2 rings (SSSR count). The second-order valence-corrected chi connectivity index (χ2v) is 9.08. The summed E-state index contributed by atoms with van der Waals surface area (Å²) in [6.45, 7) is 3.97. The molecule has 0 amide bonds. The first-order valence-electron chi connectivity index (χ1n) is 6.96. The maximum absolute atomic E-state index is 12.9. The summed E-state index contributed by atoms with van der Waals surface area (Å²) in [5.41, 5.74) is 1.01. The van der Waals surface area contributed by atoms with Crippen molar-refractivity contribution >= 4 is 41.9 Å². The van der Waals surface area contributed by atoms with Gasteiger partial charge >= 0.3 is 0 Å². The predicted octanol–water partition coefficient (Wildman–Crippen LogP) is 3.14. The fourth-order valence-corrected chi connectivity index (χ4v) is 5.86. The van der Waals surface area contributed by atoms with Gasteiger partial charge in [0.15, 0.2) is 0 Å². The Labute approximate surface area is 143 Å². The van der Waals surface area contributed by atoms with Crippen LogP contribution in [0.4, 0.5) is 0 Å². The first-order valence-corrected chi connectivity index (χ1v) is 9.99. The molecule has 21 heavy (non-hydrogen) atoms. The van der Waals surface area contributed by atoms with Gasteiger partial charge in [-0.25, -0.2) is 8.42 Å². The van der Waals surface area contributed by atoms with Gasteiger partial charge in [0.2, 0.25) is 10.0 Å². The summed E-state index contributed by atoms with van der Waals surface area (Å²) in [5, 5.41) is 3.14. The molecule has 0 bridgehead atoms. The van der Waals surface area contributed by atoms with Crippen LogP contribution in [0.1, 0.15) is 18.4 Å². The highest BCUT2D eigenvalue weighted by molar-refractivity contribution is 9.11. The molecular formula is C14H20Br2N2O2S. The van der Waals surface area contributed by atoms with Crippen molar-refractivity contribution in [2.45, 2.75) is 24.7 Å². The lowest BCUT2D eigenvalue weighted by molar-refractivity contribution is 0.263. The highest BCUT2D eigenvalue weighted by atomic mass is 79.9. The van der Waals surface area contributed by atoms with E-state index in [1.807, 2.05) is 20.0 Å². The monoisotopic (exact) mass is 438 g/mol. The molecule has 1 aromatic carbocycles. The van der Waals surface area contributed by atoms with Gasteiger partial charge in [0, 0.05) is 22.0 Å². The Kier molecular flexibility index (Phi) is 5.87. The normalized spacial score (nSPS) is 20.7. The second-order valence-electron chi connectivity index (χ2n) is 5.46. The van der Waals surface area contributed by atoms with Gasteiger partial charge < -0.3 is 5.32 Å². The standard InChI is InChI=1S/C14H20Br2N2O2S/c1-10-6-13(16)14(7-12(10)15)21(19,20)18-5-3-4-11(9-18)8-17-2/h6-7,11,17H,3-5,8-9H2,1-2H3. The van der Waals surface area contributed by atoms with E-state index in [1.54, 1.807) is 10.4 Å². The minimum absolute atomic E-state index is 0.338. The van der Waals surface area contributed by atoms with Gasteiger partial charge in [0.05, 0.1) is 4.90 Å². The highest BCUT2D eigenvalue weighted by Crippen LogP contribution is 2.32. The van der Waals surface area contributed by atoms with E-state index >= 15 is 0 Å². The van der Waals surface area contributed by atoms with Crippen LogP contribution in [0.5, 0.6) is 0 Å². The number of hydrogen-bond acceptors (Lipinski definition) is 3. The maximum atomic E-state index is 12.9. The molecule has 7 heteroatoms. The molecular weight excluding hydrogens is 420 g/mol. The van der Waals surface area contributed by atoms with Gasteiger partial charge in [0.25, 0.3) is 0 Å². The molecule has 1 unspecified atom stereocenters. The number of halogens is 2. The molecule has 1 saturated heterocycles. The zero-order valence-corrected chi connectivity index (χ0v) is 16.2. The third-order valence-electron chi connectivity index (χ3n) is 3.81. The Morgan fingerprint density at radius 3 is 2.71 bits per heavy atom. The SMILES string of the molecule is CNCC1CCCN(S(=O)(=O)c2cc(Br)c(C)cc2Br)C1. The van der Waals surface area contributed by atoms with Crippen molar-refractivity contribution in [2.24, 2.45) is 5.92 Å². The quantitative estimate of drug-likeness (QED) is 0.783. The third kappa shape index (κ3) is 3.88. The van der Waals surface area contributed by atoms with Gasteiger partial charge in [-0.3, -0.25) is 0 Å². The summed E-state index contributed by atoms with van der Waals surface area (Å²) in [5.74, 6) is 0.381. The molecule has 1 heterocycles. The van der Waals surface area contributed by atoms with Crippen molar-refractivity contribution in [2.75, 3.05) is 26.7 Å². The largest absolute Gasteiger partial charge is 0.319 e. The molecule has 118 valence electrons. The molecule has 0 saturated carbocycles. The topological polar surface area (TPSA) is 49.4 Å². The van der Waals surface area contributed by atoms with E-state index < -0.39 is 10.0 Å². The Hall–Kier alpha value is 0.0500. The van der Waals surface area contributed by atoms with Crippen LogP contribution in [0, 0.1) is 12.8 Å². The average molecular weight is 440 g/mol. The minimum atomic E-state index is -3.45. The number of sulfonamides is 1. The van der Waals surface area contributed by atoms with Gasteiger partial charge in [-0.2, -0.15) is 4.31 Å². The number of nitrogens with zero attached hydrogens (tertiary/aromatic N) is 1. The number of hydrogen-bond donors (Lipinski definition) is 1. The molecule has 1 aromatic rings. The summed E-state index contributed by atoms with van der Waals surface area (Å²) in [7, 11) is -1.55. The molecule has 0 aromatic heterocycles. The van der Waals surface area contributed by atoms with Gasteiger partial charge in [-0.05, 0) is 72.9 Å². The van der Waals surface area contributed by atoms with Gasteiger partial charge in [-0.1, -0.05) is 15.9 Å². The summed E-state index contributed by atoms with van der Waals surface area (Å²) in [4.78, 5) is 0.338. The van der Waals surface area contributed by atoms with Crippen molar-refractivity contribution < 1.29 is 8.42 Å². The van der Waals surface area contributed by atoms with Crippen LogP contribution in [-0.4, -0.2) is 39.4 Å². The predicted molar refractivity (Wildman–Crippen MR) is 92.0 cm³/mol. The molecule has 1 aliphatic heterocycles. The number of benzene rings is 1. The van der Waals surface area contributed by atoms with E-state index in [0.29, 0.717) is 28.4 Å². The first-order chi connectivity index (χ1) is 9.86. The van der Waals surface area contributed by atoms with E-state index in [0.717, 1.165) is 29.4 Å². The summed E-state index contributed by atoms with van der Waals surface area (Å²) < 4.78 is 28.8. The van der Waals surface area contributed by atoms with Crippen molar-refractivity contribution in [3.8, 4) is 0 Å². The number of piperidine rings is 1. The Bertz CT molecular complexity index is 618. The van der Waals surface area contributed by atoms with Crippen molar-refractivity contribution in [1.29, 1.82) is 0 Å². The fraction of sp³-hybridized carbons (Fsp3) is 0.571. The van der Waals surface area contributed by atoms with Crippen LogP contribution in [-0.2, 0) is 10.0 Å². The minimum Gasteiger partial charge on any atom is -0.319 e. The van der Waals surface area contributed by atoms with Gasteiger partial charge in [0.1, 0.15) is 0 Å². The molecule has 1 N–H and O–H groups in total. The van der Waals surface area contributed by atoms with Crippen molar-refractivity contribution in [3.63, 3.8) is 0 Å². The van der Waals surface area contributed by atoms with E-state index in [1.165, 1.54) is 0 Å². The van der Waals surface area contributed by atoms with Crippen LogP contribution < -0.4 is 5.32 Å². The zero-order valence-electron chi connectivity index (χ0n) is 12.2. The summed E-state index contributed by atoms with van der Waals surface area (Å²) >= 11 is 6.81. The molecule has 0 aliphatic carbocycles. The molecule has 4 nitrogen and oxygen atoms in total. The van der Waals surface area contributed by atoms with Gasteiger partial charge in [-0.15, -0.1) is 0 Å². The van der Waals surface area contributed by atoms with Crippen LogP contribution in [0.3, 0.4) is 0 Å². The zero-order chi connectivity index (χ0) is 15.6. The van der Waals surface area contributed by atoms with Crippen LogP contribution in [0.15, 0.2) is 26.0 Å². The molecule has 1 aliphatic rings. The van der Waals surface area contributed by atoms with E-state index in [9.17, 15) is 8.42 Å². The number of rotatable bonds is 4. The number of aryl methyl sites for hydroxylation is 1. The Morgan fingerprint density at radius 1 is 1.33 bits per heavy atom. The maximum Gasteiger partial charge on any atom is 0.244 e. The van der Waals surface area contributed by atoms with Crippen LogP contribution >= 0.6 is 31.9 Å². The summed E-state index contributed by atoms with van der Waals surface area (Å²) in [6, 6.07) is 3.53. The molecule has 0 spiro atoms. The Balaban J connectivity index is 2.31. The average Bonchev–Trinajstić information content (AvgIpc) is 2.43. The second kappa shape index (κ2) is 7.08. The van der Waals surface area contributed by atoms with E-state index in [4.69, 9.17) is 0 Å². The van der Waals surface area contributed by atoms with E-state index in [-0.39, 0.29) is 0 Å². The van der Waals surface area contributed by atoms with E-state index in [2.05, 4.69) is 37.2 Å². The van der Waals surface area contributed by atoms with Crippen molar-refractivity contribution in [3.05, 3.63) is 26.6 Å². The van der Waals surface area contributed by atoms with Crippen molar-refractivity contribution in [1.82, 2.24) is 9.62 Å². The molecule has 1 fully saturated rings. The smallest absolute Gasteiger partial charge is 0.244 e. The lowest BCUT2D eigenvalue weighted by Gasteiger charge is -2.32. The Morgan fingerprint density at radius 2 is 2.05 bits per heavy atom. The molecule has 0 radical (unpaired) electrons. The summed E-state index contributed by atoms with van der Waals surface area (Å²) in [6.07, 6.45) is 1.99.